The van der Waals surface area contributed by atoms with E-state index in [1.807, 2.05) is 0 Å². The van der Waals surface area contributed by atoms with Crippen LogP contribution in [0.3, 0.4) is 0 Å². The van der Waals surface area contributed by atoms with Gasteiger partial charge >= 0.3 is 6.18 Å². The van der Waals surface area contributed by atoms with Gasteiger partial charge in [-0.15, -0.1) is 0 Å². The number of hydrogen-bond donors (Lipinski definition) is 2. The van der Waals surface area contributed by atoms with Gasteiger partial charge < -0.3 is 15.8 Å². The fourth-order valence-corrected chi connectivity index (χ4v) is 2.19. The van der Waals surface area contributed by atoms with Crippen LogP contribution >= 0.6 is 11.6 Å². The van der Waals surface area contributed by atoms with Gasteiger partial charge in [-0.2, -0.15) is 13.2 Å². The fourth-order valence-electron chi connectivity index (χ4n) is 2.03. The molecule has 132 valence electrons. The molecule has 0 heterocycles. The summed E-state index contributed by atoms with van der Waals surface area (Å²) in [7, 11) is 1.30. The van der Waals surface area contributed by atoms with Crippen molar-refractivity contribution in [2.24, 2.45) is 5.73 Å². The van der Waals surface area contributed by atoms with Crippen LogP contribution in [0.2, 0.25) is 5.02 Å². The summed E-state index contributed by atoms with van der Waals surface area (Å²) in [5.74, 6) is -1.46. The van der Waals surface area contributed by atoms with Crippen molar-refractivity contribution in [1.82, 2.24) is 0 Å². The molecular weight excluding hydrogens is 361 g/mol. The third-order valence-electron chi connectivity index (χ3n) is 3.27. The Balaban J connectivity index is 2.40. The highest BCUT2D eigenvalue weighted by molar-refractivity contribution is 6.34. The molecule has 0 aliphatic heterocycles. The van der Waals surface area contributed by atoms with Crippen LogP contribution in [0.4, 0.5) is 18.9 Å². The van der Waals surface area contributed by atoms with Gasteiger partial charge in [-0.25, -0.2) is 0 Å². The molecular formula is C16H12ClF3N2O3. The first-order valence-corrected chi connectivity index (χ1v) is 7.17. The standard InChI is InChI=1S/C16H12ClF3N2O3/c1-25-13-5-2-8(14(21)23)6-10(13)15(24)22-12-7-9(16(18,19)20)3-4-11(12)17/h2-7H,1H3,(H2,21,23)(H,22,24). The molecule has 0 aliphatic rings. The SMILES string of the molecule is COc1ccc(C(N)=O)cc1C(=O)Nc1cc(C(F)(F)F)ccc1Cl. The Hall–Kier alpha value is -2.74. The normalized spacial score (nSPS) is 11.1. The van der Waals surface area contributed by atoms with E-state index in [0.29, 0.717) is 6.07 Å². The third kappa shape index (κ3) is 4.21. The summed E-state index contributed by atoms with van der Waals surface area (Å²) in [4.78, 5) is 23.6. The van der Waals surface area contributed by atoms with Crippen LogP contribution in [-0.4, -0.2) is 18.9 Å². The second kappa shape index (κ2) is 7.02. The van der Waals surface area contributed by atoms with Crippen molar-refractivity contribution in [2.45, 2.75) is 6.18 Å². The topological polar surface area (TPSA) is 81.4 Å². The highest BCUT2D eigenvalue weighted by Gasteiger charge is 2.31. The summed E-state index contributed by atoms with van der Waals surface area (Å²) in [6.45, 7) is 0. The van der Waals surface area contributed by atoms with E-state index in [1.54, 1.807) is 0 Å². The molecule has 9 heteroatoms. The number of carbonyl (C=O) groups excluding carboxylic acids is 2. The Bertz CT molecular complexity index is 838. The molecule has 2 rings (SSSR count). The number of hydrogen-bond acceptors (Lipinski definition) is 3. The highest BCUT2D eigenvalue weighted by atomic mass is 35.5. The third-order valence-corrected chi connectivity index (χ3v) is 3.60. The number of nitrogens with two attached hydrogens (primary N) is 1. The number of primary amides is 1. The number of methoxy groups -OCH3 is 1. The Morgan fingerprint density at radius 2 is 1.84 bits per heavy atom. The van der Waals surface area contributed by atoms with Gasteiger partial charge in [0, 0.05) is 5.56 Å². The molecule has 25 heavy (non-hydrogen) atoms. The molecule has 2 aromatic rings. The van der Waals surface area contributed by atoms with Crippen molar-refractivity contribution in [2.75, 3.05) is 12.4 Å². The number of alkyl halides is 3. The van der Waals surface area contributed by atoms with Gasteiger partial charge in [0.25, 0.3) is 5.91 Å². The number of nitrogens with one attached hydrogen (secondary N) is 1. The largest absolute Gasteiger partial charge is 0.496 e. The van der Waals surface area contributed by atoms with E-state index in [-0.39, 0.29) is 27.6 Å². The number of carbonyl (C=O) groups is 2. The van der Waals surface area contributed by atoms with Crippen molar-refractivity contribution in [3.05, 3.63) is 58.1 Å². The van der Waals surface area contributed by atoms with Crippen LogP contribution in [0, 0.1) is 0 Å². The van der Waals surface area contributed by atoms with E-state index in [9.17, 15) is 22.8 Å². The fraction of sp³-hybridized carbons (Fsp3) is 0.125. The predicted octanol–water partition coefficient (Wildman–Crippen LogP) is 3.72. The quantitative estimate of drug-likeness (QED) is 0.858. The Kier molecular flexibility index (Phi) is 5.22. The number of rotatable bonds is 4. The van der Waals surface area contributed by atoms with Crippen LogP contribution in [0.15, 0.2) is 36.4 Å². The summed E-state index contributed by atoms with van der Waals surface area (Å²) >= 11 is 5.85. The molecule has 0 unspecified atom stereocenters. The minimum Gasteiger partial charge on any atom is -0.496 e. The molecule has 0 bridgehead atoms. The second-order valence-corrected chi connectivity index (χ2v) is 5.33. The average molecular weight is 373 g/mol. The summed E-state index contributed by atoms with van der Waals surface area (Å²) in [5.41, 5.74) is 3.93. The van der Waals surface area contributed by atoms with Gasteiger partial charge in [0.2, 0.25) is 5.91 Å². The maximum absolute atomic E-state index is 12.8. The lowest BCUT2D eigenvalue weighted by Crippen LogP contribution is -2.17. The van der Waals surface area contributed by atoms with E-state index in [4.69, 9.17) is 22.1 Å². The van der Waals surface area contributed by atoms with E-state index in [0.717, 1.165) is 12.1 Å². The summed E-state index contributed by atoms with van der Waals surface area (Å²) in [5, 5.41) is 2.20. The lowest BCUT2D eigenvalue weighted by molar-refractivity contribution is -0.137. The minimum absolute atomic E-state index is 0.0427. The molecule has 0 fully saturated rings. The Morgan fingerprint density at radius 3 is 2.40 bits per heavy atom. The first kappa shape index (κ1) is 18.6. The molecule has 0 saturated carbocycles. The van der Waals surface area contributed by atoms with Crippen LogP contribution in [0.25, 0.3) is 0 Å². The Morgan fingerprint density at radius 1 is 1.16 bits per heavy atom. The molecule has 2 amide bonds. The zero-order chi connectivity index (χ0) is 18.8. The van der Waals surface area contributed by atoms with E-state index in [2.05, 4.69) is 5.32 Å². The monoisotopic (exact) mass is 372 g/mol. The molecule has 0 spiro atoms. The van der Waals surface area contributed by atoms with Crippen molar-refractivity contribution >= 4 is 29.1 Å². The zero-order valence-corrected chi connectivity index (χ0v) is 13.5. The van der Waals surface area contributed by atoms with Gasteiger partial charge in [0.15, 0.2) is 0 Å². The van der Waals surface area contributed by atoms with Crippen molar-refractivity contribution in [3.8, 4) is 5.75 Å². The van der Waals surface area contributed by atoms with Gasteiger partial charge in [-0.05, 0) is 36.4 Å². The molecule has 0 saturated heterocycles. The maximum atomic E-state index is 12.8. The van der Waals surface area contributed by atoms with Crippen LogP contribution in [0.1, 0.15) is 26.3 Å². The first-order chi connectivity index (χ1) is 11.6. The average Bonchev–Trinajstić information content (AvgIpc) is 2.55. The molecule has 0 aliphatic carbocycles. The lowest BCUT2D eigenvalue weighted by Gasteiger charge is -2.13. The van der Waals surface area contributed by atoms with Crippen molar-refractivity contribution < 1.29 is 27.5 Å². The number of anilines is 1. The first-order valence-electron chi connectivity index (χ1n) is 6.79. The molecule has 3 N–H and O–H groups in total. The summed E-state index contributed by atoms with van der Waals surface area (Å²) in [6, 6.07) is 6.42. The number of halogens is 4. The molecule has 5 nitrogen and oxygen atoms in total. The van der Waals surface area contributed by atoms with Gasteiger partial charge in [0.05, 0.1) is 28.9 Å². The van der Waals surface area contributed by atoms with E-state index >= 15 is 0 Å². The second-order valence-electron chi connectivity index (χ2n) is 4.93. The smallest absolute Gasteiger partial charge is 0.416 e. The summed E-state index contributed by atoms with van der Waals surface area (Å²) in [6.07, 6.45) is -4.59. The highest BCUT2D eigenvalue weighted by Crippen LogP contribution is 2.34. The molecule has 0 radical (unpaired) electrons. The lowest BCUT2D eigenvalue weighted by atomic mass is 10.1. The van der Waals surface area contributed by atoms with Crippen LogP contribution in [0.5, 0.6) is 5.75 Å². The van der Waals surface area contributed by atoms with Crippen molar-refractivity contribution in [3.63, 3.8) is 0 Å². The Labute approximate surface area is 145 Å². The number of amides is 2. The van der Waals surface area contributed by atoms with Gasteiger partial charge in [-0.1, -0.05) is 11.6 Å². The number of benzene rings is 2. The minimum atomic E-state index is -4.59. The molecule has 0 atom stereocenters. The van der Waals surface area contributed by atoms with Gasteiger partial charge in [-0.3, -0.25) is 9.59 Å². The van der Waals surface area contributed by atoms with Crippen molar-refractivity contribution in [1.29, 1.82) is 0 Å². The van der Waals surface area contributed by atoms with Crippen LogP contribution in [-0.2, 0) is 6.18 Å². The number of ether oxygens (including phenoxy) is 1. The summed E-state index contributed by atoms with van der Waals surface area (Å²) < 4.78 is 43.4. The molecule has 0 aromatic heterocycles. The van der Waals surface area contributed by atoms with E-state index < -0.39 is 23.6 Å². The molecule has 2 aromatic carbocycles. The van der Waals surface area contributed by atoms with E-state index in [1.165, 1.54) is 25.3 Å². The zero-order valence-electron chi connectivity index (χ0n) is 12.8. The van der Waals surface area contributed by atoms with Crippen LogP contribution < -0.4 is 15.8 Å². The van der Waals surface area contributed by atoms with Gasteiger partial charge in [0.1, 0.15) is 5.75 Å². The maximum Gasteiger partial charge on any atom is 0.416 e. The predicted molar refractivity (Wildman–Crippen MR) is 85.9 cm³/mol.